The van der Waals surface area contributed by atoms with Crippen molar-refractivity contribution in [1.82, 2.24) is 25.3 Å². The quantitative estimate of drug-likeness (QED) is 0.803. The predicted molar refractivity (Wildman–Crippen MR) is 102 cm³/mol. The van der Waals surface area contributed by atoms with E-state index in [0.29, 0.717) is 37.7 Å². The first kappa shape index (κ1) is 19.0. The van der Waals surface area contributed by atoms with Crippen molar-refractivity contribution in [2.45, 2.75) is 64.1 Å². The van der Waals surface area contributed by atoms with Gasteiger partial charge in [-0.15, -0.1) is 0 Å². The molecule has 0 aromatic carbocycles. The Morgan fingerprint density at radius 2 is 2.07 bits per heavy atom. The Morgan fingerprint density at radius 3 is 2.82 bits per heavy atom. The fourth-order valence-electron chi connectivity index (χ4n) is 4.96. The van der Waals surface area contributed by atoms with Crippen molar-refractivity contribution in [2.75, 3.05) is 13.1 Å². The van der Waals surface area contributed by atoms with Gasteiger partial charge in [0.05, 0.1) is 6.54 Å². The molecule has 1 aromatic heterocycles. The maximum Gasteiger partial charge on any atom is 0.272 e. The molecule has 3 fully saturated rings. The molecular weight excluding hydrogens is 358 g/mol. The second kappa shape index (κ2) is 7.93. The van der Waals surface area contributed by atoms with E-state index in [1.165, 1.54) is 12.8 Å². The normalized spacial score (nSPS) is 28.0. The minimum Gasteiger partial charge on any atom is -0.353 e. The molecule has 3 aliphatic rings. The summed E-state index contributed by atoms with van der Waals surface area (Å²) >= 11 is 0. The summed E-state index contributed by atoms with van der Waals surface area (Å²) in [4.78, 5) is 39.7. The minimum atomic E-state index is -0.172. The highest BCUT2D eigenvalue weighted by molar-refractivity contribution is 5.95. The van der Waals surface area contributed by atoms with Crippen LogP contribution in [0.4, 0.5) is 0 Å². The molecule has 0 unspecified atom stereocenters. The standard InChI is InChI=1S/C20H29N5O3/c1-2-25-17(7-8-21-25)20(28)24-11-14-9-13(10-16(14)23-18(26)12-24)19(27)22-15-5-3-4-6-15/h7-8,13-16H,2-6,9-12H2,1H3,(H,22,27)(H,23,26)/t13-,14+,16+/m0/s1. The zero-order valence-electron chi connectivity index (χ0n) is 16.4. The number of nitrogens with one attached hydrogen (secondary N) is 2. The Kier molecular flexibility index (Phi) is 5.37. The Bertz CT molecular complexity index is 755. The summed E-state index contributed by atoms with van der Waals surface area (Å²) in [7, 11) is 0. The first-order chi connectivity index (χ1) is 13.5. The van der Waals surface area contributed by atoms with Crippen LogP contribution in [0.1, 0.15) is 55.9 Å². The molecular formula is C20H29N5O3. The fourth-order valence-corrected chi connectivity index (χ4v) is 4.96. The van der Waals surface area contributed by atoms with Gasteiger partial charge in [-0.25, -0.2) is 0 Å². The number of hydrogen-bond acceptors (Lipinski definition) is 4. The van der Waals surface area contributed by atoms with Crippen LogP contribution in [0, 0.1) is 11.8 Å². The van der Waals surface area contributed by atoms with E-state index in [9.17, 15) is 14.4 Å². The lowest BCUT2D eigenvalue weighted by atomic mass is 10.0. The van der Waals surface area contributed by atoms with Gasteiger partial charge in [0.25, 0.3) is 5.91 Å². The largest absolute Gasteiger partial charge is 0.353 e. The Balaban J connectivity index is 1.43. The van der Waals surface area contributed by atoms with Gasteiger partial charge in [0.2, 0.25) is 11.8 Å². The number of aryl methyl sites for hydroxylation is 1. The molecule has 2 aliphatic carbocycles. The molecule has 0 radical (unpaired) electrons. The van der Waals surface area contributed by atoms with Crippen LogP contribution in [0.25, 0.3) is 0 Å². The number of aromatic nitrogens is 2. The van der Waals surface area contributed by atoms with Gasteiger partial charge in [-0.2, -0.15) is 5.10 Å². The number of nitrogens with zero attached hydrogens (tertiary/aromatic N) is 3. The lowest BCUT2D eigenvalue weighted by Gasteiger charge is -2.23. The molecule has 8 nitrogen and oxygen atoms in total. The van der Waals surface area contributed by atoms with Crippen LogP contribution in [0.15, 0.2) is 12.3 Å². The number of carbonyl (C=O) groups is 3. The van der Waals surface area contributed by atoms with Crippen LogP contribution in [0.2, 0.25) is 0 Å². The fraction of sp³-hybridized carbons (Fsp3) is 0.700. The molecule has 2 N–H and O–H groups in total. The van der Waals surface area contributed by atoms with E-state index in [1.807, 2.05) is 6.92 Å². The van der Waals surface area contributed by atoms with Crippen LogP contribution in [-0.4, -0.2) is 57.6 Å². The smallest absolute Gasteiger partial charge is 0.272 e. The summed E-state index contributed by atoms with van der Waals surface area (Å²) in [5.74, 6) is -0.203. The van der Waals surface area contributed by atoms with Crippen LogP contribution >= 0.6 is 0 Å². The van der Waals surface area contributed by atoms with Crippen LogP contribution < -0.4 is 10.6 Å². The third-order valence-electron chi connectivity index (χ3n) is 6.43. The lowest BCUT2D eigenvalue weighted by molar-refractivity contribution is -0.126. The summed E-state index contributed by atoms with van der Waals surface area (Å²) in [5, 5.41) is 10.4. The SMILES string of the molecule is CCn1nccc1C(=O)N1CC(=O)N[C@@H]2C[C@@H](C(=O)NC3CCCC3)C[C@@H]2C1. The molecule has 3 amide bonds. The van der Waals surface area contributed by atoms with E-state index >= 15 is 0 Å². The second-order valence-corrected chi connectivity index (χ2v) is 8.31. The van der Waals surface area contributed by atoms with Crippen molar-refractivity contribution < 1.29 is 14.4 Å². The average Bonchev–Trinajstić information content (AvgIpc) is 3.40. The van der Waals surface area contributed by atoms with Gasteiger partial charge in [-0.05, 0) is 44.6 Å². The molecule has 1 aliphatic heterocycles. The Morgan fingerprint density at radius 1 is 1.29 bits per heavy atom. The van der Waals surface area contributed by atoms with Crippen molar-refractivity contribution in [1.29, 1.82) is 0 Å². The van der Waals surface area contributed by atoms with Gasteiger partial charge in [0.1, 0.15) is 5.69 Å². The van der Waals surface area contributed by atoms with Gasteiger partial charge in [0, 0.05) is 37.3 Å². The summed E-state index contributed by atoms with van der Waals surface area (Å²) in [6, 6.07) is 1.96. The summed E-state index contributed by atoms with van der Waals surface area (Å²) in [5.41, 5.74) is 0.502. The highest BCUT2D eigenvalue weighted by atomic mass is 16.2. The minimum absolute atomic E-state index is 0.0410. The van der Waals surface area contributed by atoms with E-state index in [1.54, 1.807) is 21.8 Å². The highest BCUT2D eigenvalue weighted by Gasteiger charge is 2.42. The Hall–Kier alpha value is -2.38. The number of amides is 3. The molecule has 1 saturated heterocycles. The average molecular weight is 387 g/mol. The summed E-state index contributed by atoms with van der Waals surface area (Å²) in [6.45, 7) is 3.08. The lowest BCUT2D eigenvalue weighted by Crippen LogP contribution is -2.41. The van der Waals surface area contributed by atoms with Crippen LogP contribution in [0.5, 0.6) is 0 Å². The topological polar surface area (TPSA) is 96.3 Å². The van der Waals surface area contributed by atoms with E-state index < -0.39 is 0 Å². The van der Waals surface area contributed by atoms with Gasteiger partial charge in [-0.1, -0.05) is 12.8 Å². The van der Waals surface area contributed by atoms with Crippen molar-refractivity contribution in [3.63, 3.8) is 0 Å². The van der Waals surface area contributed by atoms with Gasteiger partial charge in [-0.3, -0.25) is 19.1 Å². The van der Waals surface area contributed by atoms with Crippen molar-refractivity contribution in [3.8, 4) is 0 Å². The molecule has 3 atom stereocenters. The second-order valence-electron chi connectivity index (χ2n) is 8.31. The molecule has 0 spiro atoms. The number of fused-ring (bicyclic) bond motifs is 1. The van der Waals surface area contributed by atoms with Crippen LogP contribution in [-0.2, 0) is 16.1 Å². The van der Waals surface area contributed by atoms with Crippen LogP contribution in [0.3, 0.4) is 0 Å². The first-order valence-electron chi connectivity index (χ1n) is 10.5. The molecule has 2 saturated carbocycles. The molecule has 28 heavy (non-hydrogen) atoms. The van der Waals surface area contributed by atoms with Gasteiger partial charge in [0.15, 0.2) is 0 Å². The van der Waals surface area contributed by atoms with Gasteiger partial charge >= 0.3 is 0 Å². The van der Waals surface area contributed by atoms with Crippen molar-refractivity contribution in [3.05, 3.63) is 18.0 Å². The monoisotopic (exact) mass is 387 g/mol. The molecule has 1 aromatic rings. The molecule has 8 heteroatoms. The third-order valence-corrected chi connectivity index (χ3v) is 6.43. The summed E-state index contributed by atoms with van der Waals surface area (Å²) in [6.07, 6.45) is 7.47. The van der Waals surface area contributed by atoms with E-state index in [0.717, 1.165) is 12.8 Å². The zero-order valence-corrected chi connectivity index (χ0v) is 16.4. The number of rotatable bonds is 4. The molecule has 4 rings (SSSR count). The Labute approximate surface area is 165 Å². The van der Waals surface area contributed by atoms with E-state index in [4.69, 9.17) is 0 Å². The molecule has 2 heterocycles. The van der Waals surface area contributed by atoms with Gasteiger partial charge < -0.3 is 15.5 Å². The number of carbonyl (C=O) groups excluding carboxylic acids is 3. The maximum atomic E-state index is 13.0. The summed E-state index contributed by atoms with van der Waals surface area (Å²) < 4.78 is 1.65. The number of hydrogen-bond donors (Lipinski definition) is 2. The van der Waals surface area contributed by atoms with E-state index in [-0.39, 0.29) is 42.1 Å². The van der Waals surface area contributed by atoms with E-state index in [2.05, 4.69) is 15.7 Å². The third kappa shape index (κ3) is 3.77. The maximum absolute atomic E-state index is 13.0. The van der Waals surface area contributed by atoms with Crippen molar-refractivity contribution >= 4 is 17.7 Å². The first-order valence-corrected chi connectivity index (χ1v) is 10.5. The predicted octanol–water partition coefficient (Wildman–Crippen LogP) is 0.929. The zero-order chi connectivity index (χ0) is 19.7. The molecule has 152 valence electrons. The molecule has 0 bridgehead atoms. The van der Waals surface area contributed by atoms with Crippen molar-refractivity contribution in [2.24, 2.45) is 11.8 Å². The highest BCUT2D eigenvalue weighted by Crippen LogP contribution is 2.34.